The van der Waals surface area contributed by atoms with E-state index < -0.39 is 12.6 Å². The maximum atomic E-state index is 13.7. The number of unbranched alkanes of at least 4 members (excludes halogenated alkanes) is 3. The quantitative estimate of drug-likeness (QED) is 0.325. The smallest absolute Gasteiger partial charge is 0.329 e. The van der Waals surface area contributed by atoms with Crippen molar-refractivity contribution in [2.45, 2.75) is 45.6 Å². The van der Waals surface area contributed by atoms with Gasteiger partial charge in [-0.3, -0.25) is 4.79 Å². The third kappa shape index (κ3) is 4.68. The Kier molecular flexibility index (Phi) is 6.98. The highest BCUT2D eigenvalue weighted by Gasteiger charge is 2.23. The summed E-state index contributed by atoms with van der Waals surface area (Å²) in [7, 11) is 1.81. The van der Waals surface area contributed by atoms with E-state index in [2.05, 4.69) is 11.9 Å². The van der Waals surface area contributed by atoms with Crippen LogP contribution in [0.5, 0.6) is 5.75 Å². The van der Waals surface area contributed by atoms with Gasteiger partial charge in [-0.1, -0.05) is 38.3 Å². The Bertz CT molecular complexity index is 1400. The van der Waals surface area contributed by atoms with Crippen LogP contribution in [-0.4, -0.2) is 32.3 Å². The molecule has 0 fully saturated rings. The maximum Gasteiger partial charge on any atom is 0.329 e. The van der Waals surface area contributed by atoms with Crippen molar-refractivity contribution >= 4 is 28.0 Å². The van der Waals surface area contributed by atoms with Crippen LogP contribution in [0, 0.1) is 0 Å². The number of phenols is 1. The predicted molar refractivity (Wildman–Crippen MR) is 129 cm³/mol. The number of aliphatic carboxylic acids is 1. The van der Waals surface area contributed by atoms with Crippen molar-refractivity contribution in [1.29, 1.82) is 0 Å². The first kappa shape index (κ1) is 23.5. The Labute approximate surface area is 196 Å². The Balaban J connectivity index is 1.86. The lowest BCUT2D eigenvalue weighted by Crippen LogP contribution is -2.14. The maximum absolute atomic E-state index is 13.7. The van der Waals surface area contributed by atoms with Crippen LogP contribution in [0.25, 0.3) is 33.4 Å². The highest BCUT2D eigenvalue weighted by molar-refractivity contribution is 5.86. The molecule has 4 aromatic rings. The fraction of sp³-hybridized carbons (Fsp3) is 0.346. The summed E-state index contributed by atoms with van der Waals surface area (Å²) in [6.45, 7) is 1.38. The molecule has 8 nitrogen and oxygen atoms in total. The van der Waals surface area contributed by atoms with Crippen LogP contribution < -0.4 is 5.43 Å². The molecule has 4 rings (SSSR count). The van der Waals surface area contributed by atoms with Crippen molar-refractivity contribution in [2.24, 2.45) is 7.05 Å². The number of aromatic nitrogens is 2. The third-order valence-corrected chi connectivity index (χ3v) is 5.93. The van der Waals surface area contributed by atoms with Crippen molar-refractivity contribution in [3.63, 3.8) is 0 Å². The molecule has 2 N–H and O–H groups in total. The zero-order chi connectivity index (χ0) is 24.2. The van der Waals surface area contributed by atoms with E-state index >= 15 is 0 Å². The lowest BCUT2D eigenvalue weighted by atomic mass is 10.0. The number of carbonyl (C=O) groups is 1. The van der Waals surface area contributed by atoms with Crippen molar-refractivity contribution in [2.75, 3.05) is 6.61 Å². The first-order chi connectivity index (χ1) is 16.4. The zero-order valence-electron chi connectivity index (χ0n) is 19.3. The summed E-state index contributed by atoms with van der Waals surface area (Å²) in [5.74, 6) is -0.492. The molecular formula is C26H28N2O6. The van der Waals surface area contributed by atoms with Crippen LogP contribution >= 0.6 is 0 Å². The van der Waals surface area contributed by atoms with E-state index in [9.17, 15) is 14.7 Å². The molecule has 0 aliphatic rings. The van der Waals surface area contributed by atoms with E-state index in [1.165, 1.54) is 6.07 Å². The second-order valence-electron chi connectivity index (χ2n) is 8.39. The van der Waals surface area contributed by atoms with E-state index in [0.717, 1.165) is 36.7 Å². The number of nitrogens with zero attached hydrogens (tertiary/aromatic N) is 2. The van der Waals surface area contributed by atoms with E-state index in [0.29, 0.717) is 23.2 Å². The zero-order valence-corrected chi connectivity index (χ0v) is 19.3. The van der Waals surface area contributed by atoms with E-state index in [-0.39, 0.29) is 34.7 Å². The number of para-hydroxylation sites is 2. The lowest BCUT2D eigenvalue weighted by Gasteiger charge is -2.12. The molecule has 8 heteroatoms. The first-order valence-electron chi connectivity index (χ1n) is 11.4. The minimum atomic E-state index is -1.13. The molecule has 2 aromatic carbocycles. The molecule has 0 saturated heterocycles. The fourth-order valence-corrected chi connectivity index (χ4v) is 4.19. The van der Waals surface area contributed by atoms with Gasteiger partial charge in [0.15, 0.2) is 0 Å². The summed E-state index contributed by atoms with van der Waals surface area (Å²) >= 11 is 0. The van der Waals surface area contributed by atoms with Crippen molar-refractivity contribution in [1.82, 2.24) is 9.55 Å². The van der Waals surface area contributed by atoms with Crippen molar-refractivity contribution < 1.29 is 24.2 Å². The minimum Gasteiger partial charge on any atom is -0.508 e. The monoisotopic (exact) mass is 464 g/mol. The molecule has 0 spiro atoms. The predicted octanol–water partition coefficient (Wildman–Crippen LogP) is 4.78. The van der Waals surface area contributed by atoms with Crippen LogP contribution in [0.2, 0.25) is 0 Å². The summed E-state index contributed by atoms with van der Waals surface area (Å²) in [5.41, 5.74) is 2.40. The van der Waals surface area contributed by atoms with Gasteiger partial charge in [-0.15, -0.1) is 0 Å². The van der Waals surface area contributed by atoms with Gasteiger partial charge in [0.2, 0.25) is 5.43 Å². The van der Waals surface area contributed by atoms with Crippen LogP contribution in [0.1, 0.15) is 43.9 Å². The highest BCUT2D eigenvalue weighted by atomic mass is 16.5. The normalized spacial score (nSPS) is 11.5. The Morgan fingerprint density at radius 3 is 2.71 bits per heavy atom. The van der Waals surface area contributed by atoms with Gasteiger partial charge < -0.3 is 23.9 Å². The van der Waals surface area contributed by atoms with Gasteiger partial charge in [-0.25, -0.2) is 9.78 Å². The van der Waals surface area contributed by atoms with Gasteiger partial charge in [-0.2, -0.15) is 0 Å². The fourth-order valence-electron chi connectivity index (χ4n) is 4.19. The number of carboxylic acid groups (broad SMARTS) is 1. The lowest BCUT2D eigenvalue weighted by molar-refractivity contribution is -0.142. The van der Waals surface area contributed by atoms with Gasteiger partial charge in [0, 0.05) is 13.1 Å². The number of imidazole rings is 1. The summed E-state index contributed by atoms with van der Waals surface area (Å²) in [6, 6.07) is 10.7. The van der Waals surface area contributed by atoms with Gasteiger partial charge in [0.05, 0.1) is 16.4 Å². The number of benzene rings is 2. The molecule has 0 amide bonds. The van der Waals surface area contributed by atoms with Crippen LogP contribution in [0.15, 0.2) is 45.6 Å². The van der Waals surface area contributed by atoms with E-state index in [4.69, 9.17) is 14.3 Å². The molecule has 0 aliphatic carbocycles. The van der Waals surface area contributed by atoms with Crippen molar-refractivity contribution in [3.05, 3.63) is 57.9 Å². The number of hydrogen-bond acceptors (Lipinski definition) is 6. The largest absolute Gasteiger partial charge is 0.508 e. The highest BCUT2D eigenvalue weighted by Crippen LogP contribution is 2.31. The Morgan fingerprint density at radius 1 is 1.18 bits per heavy atom. The van der Waals surface area contributed by atoms with Gasteiger partial charge in [0.25, 0.3) is 0 Å². The Morgan fingerprint density at radius 2 is 1.97 bits per heavy atom. The number of carboxylic acids is 1. The number of ether oxygens (including phenoxy) is 1. The summed E-state index contributed by atoms with van der Waals surface area (Å²) in [6.07, 6.45) is 4.85. The average Bonchev–Trinajstić information content (AvgIpc) is 3.13. The second kappa shape index (κ2) is 10.1. The summed E-state index contributed by atoms with van der Waals surface area (Å²) < 4.78 is 13.1. The second-order valence-corrected chi connectivity index (χ2v) is 8.39. The van der Waals surface area contributed by atoms with Crippen LogP contribution in [0.3, 0.4) is 0 Å². The summed E-state index contributed by atoms with van der Waals surface area (Å²) in [4.78, 5) is 29.3. The molecule has 178 valence electrons. The number of hydrogen-bond donors (Lipinski definition) is 2. The molecule has 0 atom stereocenters. The number of fused-ring (bicyclic) bond motifs is 2. The molecule has 34 heavy (non-hydrogen) atoms. The SMILES string of the molecule is CCCCCCc1cc2c(=O)c(-c3nc4ccccc4n3C)c(COCC(=O)O)oc2cc1O. The van der Waals surface area contributed by atoms with E-state index in [1.54, 1.807) is 10.6 Å². The number of aryl methyl sites for hydroxylation is 2. The Hall–Kier alpha value is -3.65. The molecule has 0 unspecified atom stereocenters. The number of phenolic OH excluding ortho intramolecular Hbond substituents is 1. The minimum absolute atomic E-state index is 0.0695. The standard InChI is InChI=1S/C26H28N2O6/c1-3-4-5-6-9-16-12-17-21(13-20(16)29)34-22(14-33-15-23(30)31)24(25(17)32)26-27-18-10-7-8-11-19(18)28(26)2/h7-8,10-13,29H,3-6,9,14-15H2,1-2H3,(H,30,31). The van der Waals surface area contributed by atoms with Gasteiger partial charge in [-0.05, 0) is 36.6 Å². The molecule has 2 aromatic heterocycles. The number of aromatic hydroxyl groups is 1. The van der Waals surface area contributed by atoms with Crippen molar-refractivity contribution in [3.8, 4) is 17.1 Å². The van der Waals surface area contributed by atoms with E-state index in [1.807, 2.05) is 31.3 Å². The van der Waals surface area contributed by atoms with Crippen LogP contribution in [-0.2, 0) is 29.6 Å². The molecule has 0 saturated carbocycles. The molecule has 0 radical (unpaired) electrons. The molecular weight excluding hydrogens is 436 g/mol. The summed E-state index contributed by atoms with van der Waals surface area (Å²) in [5, 5.41) is 19.8. The molecule has 0 aliphatic heterocycles. The van der Waals surface area contributed by atoms with Gasteiger partial charge in [0.1, 0.15) is 41.7 Å². The average molecular weight is 465 g/mol. The van der Waals surface area contributed by atoms with Crippen LogP contribution in [0.4, 0.5) is 0 Å². The third-order valence-electron chi connectivity index (χ3n) is 5.93. The molecule has 2 heterocycles. The number of rotatable bonds is 10. The topological polar surface area (TPSA) is 115 Å². The van der Waals surface area contributed by atoms with Gasteiger partial charge >= 0.3 is 5.97 Å². The molecule has 0 bridgehead atoms. The first-order valence-corrected chi connectivity index (χ1v) is 11.4.